The van der Waals surface area contributed by atoms with Crippen LogP contribution in [0.25, 0.3) is 15.2 Å². The summed E-state index contributed by atoms with van der Waals surface area (Å²) < 4.78 is 44.1. The van der Waals surface area contributed by atoms with Gasteiger partial charge in [0, 0.05) is 32.4 Å². The Labute approximate surface area is 189 Å². The fourth-order valence-corrected chi connectivity index (χ4v) is 5.34. The van der Waals surface area contributed by atoms with Crippen molar-refractivity contribution in [2.24, 2.45) is 0 Å². The van der Waals surface area contributed by atoms with Gasteiger partial charge in [-0.1, -0.05) is 35.1 Å². The van der Waals surface area contributed by atoms with E-state index < -0.39 is 11.7 Å². The van der Waals surface area contributed by atoms with E-state index in [1.165, 1.54) is 0 Å². The van der Waals surface area contributed by atoms with Crippen molar-refractivity contribution in [2.75, 3.05) is 31.1 Å². The van der Waals surface area contributed by atoms with Crippen LogP contribution in [0, 0.1) is 4.77 Å². The molecule has 1 saturated heterocycles. The third-order valence-corrected chi connectivity index (χ3v) is 6.96. The van der Waals surface area contributed by atoms with E-state index in [9.17, 15) is 13.2 Å². The zero-order valence-corrected chi connectivity index (χ0v) is 18.4. The summed E-state index contributed by atoms with van der Waals surface area (Å²) in [6.45, 7) is 3.11. The van der Waals surface area contributed by atoms with E-state index in [-0.39, 0.29) is 5.02 Å². The van der Waals surface area contributed by atoms with E-state index in [4.69, 9.17) is 23.8 Å². The molecule has 1 aliphatic rings. The van der Waals surface area contributed by atoms with Gasteiger partial charge in [-0.05, 0) is 30.4 Å². The van der Waals surface area contributed by atoms with Crippen LogP contribution in [0.15, 0.2) is 36.5 Å². The standard InChI is InChI=1S/C19H16ClF3N6S2/c20-13-9-12(19(21,22)23)10-24-16(13)27-7-5-26(6-8-27)11-28-18(30)29-14-3-1-2-4-15(14)31-17(29)25-28/h1-4,9-10H,5-8,11H2. The largest absolute Gasteiger partial charge is 0.417 e. The second kappa shape index (κ2) is 7.73. The lowest BCUT2D eigenvalue weighted by Crippen LogP contribution is -2.47. The van der Waals surface area contributed by atoms with Crippen molar-refractivity contribution in [1.29, 1.82) is 0 Å². The van der Waals surface area contributed by atoms with E-state index in [1.807, 2.05) is 38.2 Å². The molecule has 0 N–H and O–H groups in total. The number of fused-ring (bicyclic) bond motifs is 3. The molecule has 162 valence electrons. The van der Waals surface area contributed by atoms with E-state index in [0.29, 0.717) is 43.4 Å². The monoisotopic (exact) mass is 484 g/mol. The molecule has 12 heteroatoms. The van der Waals surface area contributed by atoms with Crippen molar-refractivity contribution in [3.05, 3.63) is 51.9 Å². The number of piperazine rings is 1. The number of nitrogens with zero attached hydrogens (tertiary/aromatic N) is 6. The topological polar surface area (TPSA) is 41.6 Å². The second-order valence-corrected chi connectivity index (χ2v) is 9.03. The van der Waals surface area contributed by atoms with Crippen molar-refractivity contribution in [3.63, 3.8) is 0 Å². The van der Waals surface area contributed by atoms with Gasteiger partial charge < -0.3 is 4.90 Å². The highest BCUT2D eigenvalue weighted by atomic mass is 35.5. The van der Waals surface area contributed by atoms with Crippen LogP contribution in [0.1, 0.15) is 5.56 Å². The normalized spacial score (nSPS) is 15.9. The van der Waals surface area contributed by atoms with Gasteiger partial charge in [-0.25, -0.2) is 9.67 Å². The molecule has 5 rings (SSSR count). The summed E-state index contributed by atoms with van der Waals surface area (Å²) in [5.41, 5.74) is 0.202. The Balaban J connectivity index is 1.29. The van der Waals surface area contributed by atoms with Crippen LogP contribution in [0.3, 0.4) is 0 Å². The molecule has 0 radical (unpaired) electrons. The number of anilines is 1. The lowest BCUT2D eigenvalue weighted by atomic mass is 10.2. The summed E-state index contributed by atoms with van der Waals surface area (Å²) in [4.78, 5) is 8.91. The molecule has 3 aromatic heterocycles. The number of pyridine rings is 1. The summed E-state index contributed by atoms with van der Waals surface area (Å²) in [5, 5.41) is 4.67. The Morgan fingerprint density at radius 3 is 2.58 bits per heavy atom. The van der Waals surface area contributed by atoms with Crippen LogP contribution < -0.4 is 4.90 Å². The van der Waals surface area contributed by atoms with Crippen LogP contribution >= 0.6 is 35.2 Å². The smallest absolute Gasteiger partial charge is 0.353 e. The molecular formula is C19H16ClF3N6S2. The number of halogens is 4. The minimum atomic E-state index is -4.46. The van der Waals surface area contributed by atoms with Crippen LogP contribution in [-0.4, -0.2) is 50.2 Å². The summed E-state index contributed by atoms with van der Waals surface area (Å²) in [5.74, 6) is 0.375. The predicted molar refractivity (Wildman–Crippen MR) is 117 cm³/mol. The van der Waals surface area contributed by atoms with Gasteiger partial charge in [0.15, 0.2) is 0 Å². The Bertz CT molecular complexity index is 1320. The number of hydrogen-bond donors (Lipinski definition) is 0. The van der Waals surface area contributed by atoms with Gasteiger partial charge in [-0.3, -0.25) is 9.30 Å². The third kappa shape index (κ3) is 3.79. The first-order valence-electron chi connectivity index (χ1n) is 9.48. The maximum atomic E-state index is 12.8. The molecule has 31 heavy (non-hydrogen) atoms. The van der Waals surface area contributed by atoms with E-state index in [1.54, 1.807) is 11.3 Å². The third-order valence-electron chi connectivity index (χ3n) is 5.27. The molecule has 0 atom stereocenters. The second-order valence-electron chi connectivity index (χ2n) is 7.24. The molecule has 0 aliphatic carbocycles. The van der Waals surface area contributed by atoms with Gasteiger partial charge in [0.05, 0.1) is 27.5 Å². The van der Waals surface area contributed by atoms with E-state index >= 15 is 0 Å². The molecule has 0 spiro atoms. The molecule has 0 amide bonds. The van der Waals surface area contributed by atoms with Gasteiger partial charge in [0.1, 0.15) is 5.82 Å². The highest BCUT2D eigenvalue weighted by molar-refractivity contribution is 7.71. The van der Waals surface area contributed by atoms with Crippen molar-refractivity contribution in [3.8, 4) is 0 Å². The van der Waals surface area contributed by atoms with Crippen LogP contribution in [0.2, 0.25) is 5.02 Å². The average molecular weight is 485 g/mol. The Hall–Kier alpha value is -2.21. The quantitative estimate of drug-likeness (QED) is 0.386. The Morgan fingerprint density at radius 2 is 1.87 bits per heavy atom. The molecule has 6 nitrogen and oxygen atoms in total. The maximum Gasteiger partial charge on any atom is 0.417 e. The van der Waals surface area contributed by atoms with Crippen molar-refractivity contribution in [2.45, 2.75) is 12.8 Å². The van der Waals surface area contributed by atoms with Gasteiger partial charge in [-0.2, -0.15) is 13.2 Å². The van der Waals surface area contributed by atoms with E-state index in [0.717, 1.165) is 27.4 Å². The lowest BCUT2D eigenvalue weighted by Gasteiger charge is -2.35. The summed E-state index contributed by atoms with van der Waals surface area (Å²) in [7, 11) is 0. The molecule has 1 fully saturated rings. The molecule has 1 aromatic carbocycles. The van der Waals surface area contributed by atoms with Crippen molar-refractivity contribution >= 4 is 56.2 Å². The zero-order chi connectivity index (χ0) is 21.8. The first-order valence-corrected chi connectivity index (χ1v) is 11.1. The Morgan fingerprint density at radius 1 is 1.13 bits per heavy atom. The summed E-state index contributed by atoms with van der Waals surface area (Å²) >= 11 is 13.3. The summed E-state index contributed by atoms with van der Waals surface area (Å²) in [6, 6.07) is 8.98. The molecule has 4 aromatic rings. The minimum absolute atomic E-state index is 0.00621. The van der Waals surface area contributed by atoms with E-state index in [2.05, 4.69) is 15.0 Å². The zero-order valence-electron chi connectivity index (χ0n) is 16.0. The first kappa shape index (κ1) is 20.7. The molecule has 4 heterocycles. The van der Waals surface area contributed by atoms with Crippen LogP contribution in [0.5, 0.6) is 0 Å². The van der Waals surface area contributed by atoms with Crippen molar-refractivity contribution in [1.82, 2.24) is 24.1 Å². The number of para-hydroxylation sites is 1. The predicted octanol–water partition coefficient (Wildman–Crippen LogP) is 4.93. The van der Waals surface area contributed by atoms with Gasteiger partial charge >= 0.3 is 6.18 Å². The fraction of sp³-hybridized carbons (Fsp3) is 0.316. The Kier molecular flexibility index (Phi) is 5.16. The summed E-state index contributed by atoms with van der Waals surface area (Å²) in [6.07, 6.45) is -3.63. The van der Waals surface area contributed by atoms with Gasteiger partial charge in [-0.15, -0.1) is 5.10 Å². The SMILES string of the molecule is FC(F)(F)c1cnc(N2CCN(Cn3nc4sc5ccccc5n4c3=S)CC2)c(Cl)c1. The molecule has 0 bridgehead atoms. The van der Waals surface area contributed by atoms with Crippen LogP contribution in [0.4, 0.5) is 19.0 Å². The molecular weight excluding hydrogens is 469 g/mol. The fourth-order valence-electron chi connectivity index (χ4n) is 3.69. The lowest BCUT2D eigenvalue weighted by molar-refractivity contribution is -0.137. The first-order chi connectivity index (χ1) is 14.8. The average Bonchev–Trinajstić information content (AvgIpc) is 3.24. The van der Waals surface area contributed by atoms with Gasteiger partial charge in [0.2, 0.25) is 9.73 Å². The highest BCUT2D eigenvalue weighted by Gasteiger charge is 2.32. The molecule has 1 aliphatic heterocycles. The molecule has 0 saturated carbocycles. The maximum absolute atomic E-state index is 12.8. The number of rotatable bonds is 3. The van der Waals surface area contributed by atoms with Gasteiger partial charge in [0.25, 0.3) is 0 Å². The number of thiazole rings is 1. The highest BCUT2D eigenvalue weighted by Crippen LogP contribution is 2.33. The number of benzene rings is 1. The number of alkyl halides is 3. The van der Waals surface area contributed by atoms with Crippen molar-refractivity contribution < 1.29 is 13.2 Å². The number of hydrogen-bond acceptors (Lipinski definition) is 6. The number of aromatic nitrogens is 4. The molecule has 0 unspecified atom stereocenters. The minimum Gasteiger partial charge on any atom is -0.353 e. The van der Waals surface area contributed by atoms with Crippen LogP contribution in [-0.2, 0) is 12.8 Å².